The number of alkyl carbamates (subject to hydrolysis) is 1. The van der Waals surface area contributed by atoms with E-state index in [1.54, 1.807) is 12.1 Å². The van der Waals surface area contributed by atoms with E-state index in [0.29, 0.717) is 49.0 Å². The van der Waals surface area contributed by atoms with Gasteiger partial charge in [-0.15, -0.1) is 10.2 Å². The Bertz CT molecular complexity index is 1750. The van der Waals surface area contributed by atoms with Gasteiger partial charge in [0.25, 0.3) is 0 Å². The summed E-state index contributed by atoms with van der Waals surface area (Å²) in [6, 6.07) is 31.5. The van der Waals surface area contributed by atoms with Crippen molar-refractivity contribution in [2.45, 2.75) is 36.9 Å². The van der Waals surface area contributed by atoms with Gasteiger partial charge >= 0.3 is 6.09 Å². The minimum atomic E-state index is -0.966. The first-order chi connectivity index (χ1) is 23.5. The molecule has 0 radical (unpaired) electrons. The first kappa shape index (κ1) is 32.5. The Morgan fingerprint density at radius 2 is 1.58 bits per heavy atom. The largest absolute Gasteiger partial charge is 0.453 e. The molecule has 0 unspecified atom stereocenters. The number of rotatable bonds is 11. The van der Waals surface area contributed by atoms with Crippen molar-refractivity contribution in [3.8, 4) is 11.5 Å². The summed E-state index contributed by atoms with van der Waals surface area (Å²) in [5.41, 5.74) is 3.98. The summed E-state index contributed by atoms with van der Waals surface area (Å²) in [5, 5.41) is 17.5. The molecule has 1 saturated heterocycles. The van der Waals surface area contributed by atoms with Crippen molar-refractivity contribution < 1.29 is 27.9 Å². The van der Waals surface area contributed by atoms with Crippen molar-refractivity contribution in [1.82, 2.24) is 20.8 Å². The highest BCUT2D eigenvalue weighted by Crippen LogP contribution is 2.30. The molecule has 0 aliphatic carbocycles. The molecule has 10 nitrogen and oxygen atoms in total. The van der Waals surface area contributed by atoms with Crippen LogP contribution in [-0.4, -0.2) is 54.6 Å². The van der Waals surface area contributed by atoms with Gasteiger partial charge in [0.1, 0.15) is 17.9 Å². The van der Waals surface area contributed by atoms with Crippen LogP contribution in [0.15, 0.2) is 114 Å². The zero-order valence-electron chi connectivity index (χ0n) is 26.3. The van der Waals surface area contributed by atoms with E-state index in [2.05, 4.69) is 26.1 Å². The third-order valence-electron chi connectivity index (χ3n) is 8.32. The van der Waals surface area contributed by atoms with Crippen molar-refractivity contribution in [2.24, 2.45) is 0 Å². The lowest BCUT2D eigenvalue weighted by Gasteiger charge is -2.29. The molecule has 2 amide bonds. The van der Waals surface area contributed by atoms with Crippen molar-refractivity contribution >= 4 is 17.7 Å². The van der Waals surface area contributed by atoms with Crippen LogP contribution in [0.2, 0.25) is 0 Å². The molecule has 0 saturated carbocycles. The number of amides is 2. The number of anilines is 1. The van der Waals surface area contributed by atoms with Crippen LogP contribution in [0.5, 0.6) is 0 Å². The molecular formula is C37H36FN5O5. The van der Waals surface area contributed by atoms with Crippen LogP contribution in [0, 0.1) is 5.82 Å². The predicted molar refractivity (Wildman–Crippen MR) is 178 cm³/mol. The molecule has 11 heteroatoms. The van der Waals surface area contributed by atoms with Crippen LogP contribution >= 0.6 is 0 Å². The van der Waals surface area contributed by atoms with Gasteiger partial charge in [-0.2, -0.15) is 0 Å². The standard InChI is InChI=1S/C37H36FN5O5/c1-46-37(45)41-33(32(25-11-4-2-5-12-25)26-13-6-3-7-14-26)34(44)40-30-15-9-8-10-24(30)18-21-29-22-39-31(23-47-29)36-43-42-35(48-36)27-16-19-28(38)20-17-27/h2-17,19-20,29,31-33,39H,18,21-23H2,1H3,(H,40,44)(H,41,45)/t29-,31+,33+/m1/s1. The number of carbonyl (C=O) groups is 2. The molecule has 0 bridgehead atoms. The van der Waals surface area contributed by atoms with Crippen LogP contribution in [0.1, 0.15) is 41.0 Å². The van der Waals surface area contributed by atoms with Gasteiger partial charge in [0, 0.05) is 23.7 Å². The lowest BCUT2D eigenvalue weighted by atomic mass is 9.84. The number of benzene rings is 4. The average molecular weight is 650 g/mol. The second-order valence-corrected chi connectivity index (χ2v) is 11.5. The Balaban J connectivity index is 1.11. The number of carbonyl (C=O) groups excluding carboxylic acids is 2. The zero-order valence-corrected chi connectivity index (χ0v) is 26.3. The lowest BCUT2D eigenvalue weighted by Crippen LogP contribution is -2.48. The van der Waals surface area contributed by atoms with E-state index < -0.39 is 18.1 Å². The molecule has 1 fully saturated rings. The summed E-state index contributed by atoms with van der Waals surface area (Å²) < 4.78 is 30.2. The summed E-state index contributed by atoms with van der Waals surface area (Å²) in [4.78, 5) is 26.6. The van der Waals surface area contributed by atoms with E-state index >= 15 is 0 Å². The van der Waals surface area contributed by atoms with Gasteiger partial charge in [0.05, 0.1) is 19.8 Å². The van der Waals surface area contributed by atoms with Crippen LogP contribution in [0.25, 0.3) is 11.5 Å². The Labute approximate surface area is 277 Å². The minimum absolute atomic E-state index is 0.0845. The molecule has 2 heterocycles. The maximum Gasteiger partial charge on any atom is 0.407 e. The van der Waals surface area contributed by atoms with Crippen molar-refractivity contribution in [2.75, 3.05) is 25.6 Å². The summed E-state index contributed by atoms with van der Waals surface area (Å²) in [6.07, 6.45) is 0.544. The maximum atomic E-state index is 14.0. The molecule has 246 valence electrons. The van der Waals surface area contributed by atoms with Gasteiger partial charge in [-0.3, -0.25) is 4.79 Å². The number of nitrogens with one attached hydrogen (secondary N) is 3. The highest BCUT2D eigenvalue weighted by atomic mass is 19.1. The first-order valence-corrected chi connectivity index (χ1v) is 15.8. The van der Waals surface area contributed by atoms with Gasteiger partial charge < -0.3 is 29.8 Å². The summed E-state index contributed by atoms with van der Waals surface area (Å²) in [5.74, 6) is -0.463. The highest BCUT2D eigenvalue weighted by molar-refractivity contribution is 5.98. The van der Waals surface area contributed by atoms with Gasteiger partial charge in [0.15, 0.2) is 0 Å². The number of ether oxygens (including phenoxy) is 2. The van der Waals surface area contributed by atoms with Gasteiger partial charge in [-0.05, 0) is 59.9 Å². The normalized spacial score (nSPS) is 16.6. The number of methoxy groups -OCH3 is 1. The number of morpholine rings is 1. The molecule has 1 aliphatic heterocycles. The molecule has 48 heavy (non-hydrogen) atoms. The fourth-order valence-corrected chi connectivity index (χ4v) is 5.82. The molecule has 4 aromatic carbocycles. The second kappa shape index (κ2) is 15.5. The fraction of sp³-hybridized carbons (Fsp3) is 0.243. The zero-order chi connectivity index (χ0) is 33.3. The lowest BCUT2D eigenvalue weighted by molar-refractivity contribution is -0.118. The number of halogens is 1. The van der Waals surface area contributed by atoms with Crippen LogP contribution in [0.4, 0.5) is 14.9 Å². The number of hydrogen-bond acceptors (Lipinski definition) is 8. The van der Waals surface area contributed by atoms with Crippen LogP contribution < -0.4 is 16.0 Å². The number of nitrogens with zero attached hydrogens (tertiary/aromatic N) is 2. The predicted octanol–water partition coefficient (Wildman–Crippen LogP) is 6.03. The SMILES string of the molecule is COC(=O)N[C@H](C(=O)Nc1ccccc1CC[C@@H]1CN[C@H](c2nnc(-c3ccc(F)cc3)o2)CO1)C(c1ccccc1)c1ccccc1. The molecule has 3 atom stereocenters. The monoisotopic (exact) mass is 649 g/mol. The van der Waals surface area contributed by atoms with Crippen LogP contribution in [-0.2, 0) is 20.7 Å². The van der Waals surface area contributed by atoms with Crippen LogP contribution in [0.3, 0.4) is 0 Å². The molecule has 1 aromatic heterocycles. The quantitative estimate of drug-likeness (QED) is 0.158. The molecule has 3 N–H and O–H groups in total. The molecule has 1 aliphatic rings. The number of para-hydroxylation sites is 1. The molecule has 6 rings (SSSR count). The highest BCUT2D eigenvalue weighted by Gasteiger charge is 2.33. The third-order valence-corrected chi connectivity index (χ3v) is 8.32. The molecule has 0 spiro atoms. The Morgan fingerprint density at radius 3 is 2.23 bits per heavy atom. The number of aryl methyl sites for hydroxylation is 1. The second-order valence-electron chi connectivity index (χ2n) is 11.5. The van der Waals surface area contributed by atoms with Gasteiger partial charge in [-0.25, -0.2) is 9.18 Å². The van der Waals surface area contributed by atoms with Gasteiger partial charge in [0.2, 0.25) is 17.7 Å². The van der Waals surface area contributed by atoms with Crippen molar-refractivity contribution in [3.05, 3.63) is 138 Å². The van der Waals surface area contributed by atoms with Crippen molar-refractivity contribution in [3.63, 3.8) is 0 Å². The van der Waals surface area contributed by atoms with E-state index in [4.69, 9.17) is 13.9 Å². The first-order valence-electron chi connectivity index (χ1n) is 15.8. The van der Waals surface area contributed by atoms with E-state index in [0.717, 1.165) is 16.7 Å². The van der Waals surface area contributed by atoms with E-state index in [1.807, 2.05) is 84.9 Å². The Morgan fingerprint density at radius 1 is 0.917 bits per heavy atom. The smallest absolute Gasteiger partial charge is 0.407 e. The van der Waals surface area contributed by atoms with E-state index in [9.17, 15) is 14.0 Å². The summed E-state index contributed by atoms with van der Waals surface area (Å²) in [6.45, 7) is 0.906. The Kier molecular flexibility index (Phi) is 10.5. The van der Waals surface area contributed by atoms with Crippen molar-refractivity contribution in [1.29, 1.82) is 0 Å². The third kappa shape index (κ3) is 7.93. The van der Waals surface area contributed by atoms with Gasteiger partial charge in [-0.1, -0.05) is 78.9 Å². The maximum absolute atomic E-state index is 14.0. The summed E-state index contributed by atoms with van der Waals surface area (Å²) >= 11 is 0. The summed E-state index contributed by atoms with van der Waals surface area (Å²) in [7, 11) is 1.28. The number of aromatic nitrogens is 2. The minimum Gasteiger partial charge on any atom is -0.453 e. The Hall–Kier alpha value is -5.39. The number of hydrogen-bond donors (Lipinski definition) is 3. The molecular weight excluding hydrogens is 613 g/mol. The molecule has 5 aromatic rings. The van der Waals surface area contributed by atoms with E-state index in [-0.39, 0.29) is 23.9 Å². The topological polar surface area (TPSA) is 128 Å². The van der Waals surface area contributed by atoms with E-state index in [1.165, 1.54) is 19.2 Å². The average Bonchev–Trinajstić information content (AvgIpc) is 3.63. The fourth-order valence-electron chi connectivity index (χ4n) is 5.82.